The molecule has 1 aliphatic heterocycles. The van der Waals surface area contributed by atoms with Gasteiger partial charge in [0.25, 0.3) is 6.01 Å². The standard InChI is InChI=1S/C22H23N5O2/c1-11-10-27-20-17(8-15(9-19(20)28-11)24-12(2)13-3-4-13)25-21(27)14-5-6-18-16(7-14)26-22(23)29-18/h5-9,11-13,24H,3-4,10H2,1-2H3,(H2,23,26)/t11-,12-/m1/s1. The number of ether oxygens (including phenoxy) is 1. The van der Waals surface area contributed by atoms with Crippen LogP contribution in [0.2, 0.25) is 0 Å². The second-order valence-corrected chi connectivity index (χ2v) is 8.32. The Labute approximate surface area is 167 Å². The Balaban J connectivity index is 1.49. The van der Waals surface area contributed by atoms with Crippen molar-refractivity contribution in [3.63, 3.8) is 0 Å². The number of oxazole rings is 1. The highest BCUT2D eigenvalue weighted by atomic mass is 16.5. The highest BCUT2D eigenvalue weighted by molar-refractivity contribution is 5.91. The van der Waals surface area contributed by atoms with E-state index in [0.717, 1.165) is 51.8 Å². The number of nitrogen functional groups attached to an aromatic ring is 1. The van der Waals surface area contributed by atoms with Crippen molar-refractivity contribution in [2.45, 2.75) is 45.4 Å². The molecule has 0 radical (unpaired) electrons. The monoisotopic (exact) mass is 389 g/mol. The van der Waals surface area contributed by atoms with E-state index in [1.54, 1.807) is 0 Å². The van der Waals surface area contributed by atoms with Gasteiger partial charge in [0, 0.05) is 23.4 Å². The van der Waals surface area contributed by atoms with Crippen molar-refractivity contribution in [2.24, 2.45) is 5.92 Å². The molecule has 148 valence electrons. The van der Waals surface area contributed by atoms with Gasteiger partial charge in [-0.25, -0.2) is 4.98 Å². The van der Waals surface area contributed by atoms with Gasteiger partial charge in [0.2, 0.25) is 0 Å². The topological polar surface area (TPSA) is 91.1 Å². The van der Waals surface area contributed by atoms with E-state index in [0.29, 0.717) is 11.6 Å². The molecule has 1 fully saturated rings. The average Bonchev–Trinajstić information content (AvgIpc) is 3.37. The number of rotatable bonds is 4. The fourth-order valence-corrected chi connectivity index (χ4v) is 4.37. The number of aromatic nitrogens is 3. The molecular weight excluding hydrogens is 366 g/mol. The van der Waals surface area contributed by atoms with E-state index in [1.807, 2.05) is 18.2 Å². The van der Waals surface area contributed by atoms with Gasteiger partial charge in [-0.2, -0.15) is 4.98 Å². The van der Waals surface area contributed by atoms with Crippen LogP contribution in [0.4, 0.5) is 11.7 Å². The van der Waals surface area contributed by atoms with Gasteiger partial charge in [-0.1, -0.05) is 0 Å². The van der Waals surface area contributed by atoms with Crippen LogP contribution in [0.25, 0.3) is 33.5 Å². The van der Waals surface area contributed by atoms with Crippen molar-refractivity contribution >= 4 is 33.8 Å². The Bertz CT molecular complexity index is 1250. The van der Waals surface area contributed by atoms with Gasteiger partial charge in [-0.05, 0) is 56.9 Å². The number of benzene rings is 2. The second-order valence-electron chi connectivity index (χ2n) is 8.32. The van der Waals surface area contributed by atoms with E-state index in [1.165, 1.54) is 12.8 Å². The van der Waals surface area contributed by atoms with Gasteiger partial charge < -0.3 is 24.8 Å². The number of nitrogens with zero attached hydrogens (tertiary/aromatic N) is 3. The summed E-state index contributed by atoms with van der Waals surface area (Å²) in [6.45, 7) is 5.09. The molecule has 0 bridgehead atoms. The number of imidazole rings is 1. The fourth-order valence-electron chi connectivity index (χ4n) is 4.37. The van der Waals surface area contributed by atoms with Crippen LogP contribution >= 0.6 is 0 Å². The van der Waals surface area contributed by atoms with Gasteiger partial charge in [-0.3, -0.25) is 0 Å². The summed E-state index contributed by atoms with van der Waals surface area (Å²) in [6, 6.07) is 10.8. The minimum absolute atomic E-state index is 0.0705. The molecule has 2 aromatic heterocycles. The SMILES string of the molecule is C[C@@H]1Cn2c(-c3ccc4oc(N)nc4c3)nc3cc(N[C@H](C)C4CC4)cc(c32)O1. The Kier molecular flexibility index (Phi) is 3.39. The van der Waals surface area contributed by atoms with Crippen molar-refractivity contribution in [3.8, 4) is 17.1 Å². The lowest BCUT2D eigenvalue weighted by Gasteiger charge is -2.25. The van der Waals surface area contributed by atoms with Gasteiger partial charge in [0.05, 0.1) is 12.1 Å². The lowest BCUT2D eigenvalue weighted by atomic mass is 10.1. The van der Waals surface area contributed by atoms with Gasteiger partial charge in [0.15, 0.2) is 5.58 Å². The zero-order valence-corrected chi connectivity index (χ0v) is 16.5. The predicted octanol–water partition coefficient (Wildman–Crippen LogP) is 4.42. The molecule has 1 aliphatic carbocycles. The molecule has 0 saturated heterocycles. The first-order chi connectivity index (χ1) is 14.0. The smallest absolute Gasteiger partial charge is 0.292 e. The van der Waals surface area contributed by atoms with Crippen LogP contribution in [0.1, 0.15) is 26.7 Å². The Morgan fingerprint density at radius 2 is 2.03 bits per heavy atom. The third-order valence-electron chi connectivity index (χ3n) is 5.96. The summed E-state index contributed by atoms with van der Waals surface area (Å²) in [5.74, 6) is 2.57. The quantitative estimate of drug-likeness (QED) is 0.537. The first-order valence-corrected chi connectivity index (χ1v) is 10.2. The zero-order valence-electron chi connectivity index (χ0n) is 16.5. The summed E-state index contributed by atoms with van der Waals surface area (Å²) in [4.78, 5) is 9.25. The van der Waals surface area contributed by atoms with Crippen LogP contribution in [-0.4, -0.2) is 26.7 Å². The number of anilines is 2. The minimum atomic E-state index is 0.0705. The molecule has 2 atom stereocenters. The predicted molar refractivity (Wildman–Crippen MR) is 113 cm³/mol. The van der Waals surface area contributed by atoms with E-state index in [9.17, 15) is 0 Å². The van der Waals surface area contributed by atoms with E-state index < -0.39 is 0 Å². The molecule has 29 heavy (non-hydrogen) atoms. The van der Waals surface area contributed by atoms with Crippen molar-refractivity contribution in [3.05, 3.63) is 30.3 Å². The number of hydrogen-bond donors (Lipinski definition) is 2. The van der Waals surface area contributed by atoms with E-state index in [4.69, 9.17) is 19.9 Å². The average molecular weight is 389 g/mol. The number of nitrogens with two attached hydrogens (primary N) is 1. The summed E-state index contributed by atoms with van der Waals surface area (Å²) in [6.07, 6.45) is 2.69. The molecule has 3 heterocycles. The number of nitrogens with one attached hydrogen (secondary N) is 1. The highest BCUT2D eigenvalue weighted by Crippen LogP contribution is 2.39. The molecule has 3 N–H and O–H groups in total. The lowest BCUT2D eigenvalue weighted by molar-refractivity contribution is 0.191. The normalized spacial score (nSPS) is 19.4. The maximum atomic E-state index is 6.18. The maximum Gasteiger partial charge on any atom is 0.292 e. The van der Waals surface area contributed by atoms with E-state index in [-0.39, 0.29) is 12.1 Å². The first kappa shape index (κ1) is 16.7. The highest BCUT2D eigenvalue weighted by Gasteiger charge is 2.29. The molecule has 1 saturated carbocycles. The summed E-state index contributed by atoms with van der Waals surface area (Å²) in [5.41, 5.74) is 11.2. The molecular formula is C22H23N5O2. The Hall–Kier alpha value is -3.22. The third kappa shape index (κ3) is 2.72. The molecule has 7 heteroatoms. The van der Waals surface area contributed by atoms with Crippen molar-refractivity contribution in [2.75, 3.05) is 11.1 Å². The molecule has 7 nitrogen and oxygen atoms in total. The summed E-state index contributed by atoms with van der Waals surface area (Å²) in [5, 5.41) is 3.64. The van der Waals surface area contributed by atoms with Gasteiger partial charge in [0.1, 0.15) is 28.7 Å². The van der Waals surface area contributed by atoms with Crippen LogP contribution in [-0.2, 0) is 6.54 Å². The van der Waals surface area contributed by atoms with E-state index >= 15 is 0 Å². The van der Waals surface area contributed by atoms with Gasteiger partial charge in [-0.15, -0.1) is 0 Å². The van der Waals surface area contributed by atoms with Gasteiger partial charge >= 0.3 is 0 Å². The summed E-state index contributed by atoms with van der Waals surface area (Å²) < 4.78 is 13.8. The first-order valence-electron chi connectivity index (χ1n) is 10.2. The van der Waals surface area contributed by atoms with Crippen molar-refractivity contribution in [1.82, 2.24) is 14.5 Å². The molecule has 6 rings (SSSR count). The Morgan fingerprint density at radius 1 is 1.17 bits per heavy atom. The Morgan fingerprint density at radius 3 is 2.86 bits per heavy atom. The van der Waals surface area contributed by atoms with Crippen LogP contribution in [0.5, 0.6) is 5.75 Å². The van der Waals surface area contributed by atoms with Crippen LogP contribution in [0, 0.1) is 5.92 Å². The van der Waals surface area contributed by atoms with Crippen LogP contribution in [0.15, 0.2) is 34.7 Å². The van der Waals surface area contributed by atoms with Crippen molar-refractivity contribution < 1.29 is 9.15 Å². The molecule has 0 unspecified atom stereocenters. The number of fused-ring (bicyclic) bond motifs is 1. The molecule has 0 amide bonds. The van der Waals surface area contributed by atoms with Crippen molar-refractivity contribution in [1.29, 1.82) is 0 Å². The molecule has 0 spiro atoms. The fraction of sp³-hybridized carbons (Fsp3) is 0.364. The third-order valence-corrected chi connectivity index (χ3v) is 5.96. The zero-order chi connectivity index (χ0) is 19.7. The molecule has 2 aromatic carbocycles. The minimum Gasteiger partial charge on any atom is -0.487 e. The van der Waals surface area contributed by atoms with Crippen LogP contribution < -0.4 is 15.8 Å². The second kappa shape index (κ2) is 5.89. The molecule has 4 aromatic rings. The van der Waals surface area contributed by atoms with Crippen LogP contribution in [0.3, 0.4) is 0 Å². The van der Waals surface area contributed by atoms with E-state index in [2.05, 4.69) is 40.8 Å². The summed E-state index contributed by atoms with van der Waals surface area (Å²) >= 11 is 0. The lowest BCUT2D eigenvalue weighted by Crippen LogP contribution is -2.24. The largest absolute Gasteiger partial charge is 0.487 e. The number of hydrogen-bond acceptors (Lipinski definition) is 6. The molecule has 2 aliphatic rings. The maximum absolute atomic E-state index is 6.18. The summed E-state index contributed by atoms with van der Waals surface area (Å²) in [7, 11) is 0.